The Balaban J connectivity index is 0. The van der Waals surface area contributed by atoms with Crippen molar-refractivity contribution in [2.75, 3.05) is 6.61 Å². The topological polar surface area (TPSA) is 89.5 Å². The van der Waals surface area contributed by atoms with Gasteiger partial charge >= 0.3 is 12.3 Å². The van der Waals surface area contributed by atoms with E-state index in [0.717, 1.165) is 25.7 Å². The highest BCUT2D eigenvalue weighted by Crippen LogP contribution is 2.14. The summed E-state index contributed by atoms with van der Waals surface area (Å²) in [6.07, 6.45) is 2.66. The fourth-order valence-corrected chi connectivity index (χ4v) is 1.64. The number of carbonyl (C=O) groups excluding carboxylic acids is 2. The Morgan fingerprint density at radius 2 is 1.31 bits per heavy atom. The van der Waals surface area contributed by atoms with E-state index < -0.39 is 23.5 Å². The number of ether oxygens (including phenoxy) is 2. The maximum absolute atomic E-state index is 11.2. The average Bonchev–Trinajstić information content (AvgIpc) is 2.57. The van der Waals surface area contributed by atoms with Crippen LogP contribution in [0.4, 0.5) is 9.59 Å². The molecule has 1 unspecified atom stereocenters. The molecule has 0 saturated heterocycles. The van der Waals surface area contributed by atoms with Gasteiger partial charge in [-0.25, -0.2) is 9.59 Å². The predicted molar refractivity (Wildman–Crippen MR) is 110 cm³/mol. The molecule has 0 heterocycles. The minimum absolute atomic E-state index is 0.193. The summed E-state index contributed by atoms with van der Waals surface area (Å²) in [5.74, 6) is 0.414. The van der Waals surface area contributed by atoms with Gasteiger partial charge in [-0.15, -0.1) is 0 Å². The zero-order valence-corrected chi connectivity index (χ0v) is 20.0. The van der Waals surface area contributed by atoms with E-state index in [2.05, 4.69) is 28.4 Å². The molecule has 0 aromatic carbocycles. The number of rotatable bonds is 9. The average molecular weight is 423 g/mol. The zero-order chi connectivity index (χ0) is 23.1. The van der Waals surface area contributed by atoms with Gasteiger partial charge in [-0.3, -0.25) is 9.78 Å². The minimum atomic E-state index is -0.806. The van der Waals surface area contributed by atoms with Gasteiger partial charge < -0.3 is 9.47 Å². The molecule has 0 aliphatic heterocycles. The smallest absolute Gasteiger partial charge is 0.432 e. The zero-order valence-electron chi connectivity index (χ0n) is 20.0. The number of hydrogen-bond acceptors (Lipinski definition) is 8. The maximum atomic E-state index is 11.2. The third-order valence-electron chi connectivity index (χ3n) is 3.03. The SMILES string of the molecule is CC(C)OC(=O)OOC(C)(C)C.CCCCC(CC)COC(=O)OOC(C)(C)C. The molecule has 0 radical (unpaired) electrons. The lowest BCUT2D eigenvalue weighted by atomic mass is 10.0. The van der Waals surface area contributed by atoms with Crippen LogP contribution in [0.1, 0.15) is 94.9 Å². The highest BCUT2D eigenvalue weighted by Gasteiger charge is 2.18. The van der Waals surface area contributed by atoms with Crippen LogP contribution < -0.4 is 0 Å². The van der Waals surface area contributed by atoms with Gasteiger partial charge in [0, 0.05) is 0 Å². The van der Waals surface area contributed by atoms with Crippen molar-refractivity contribution in [2.24, 2.45) is 5.92 Å². The van der Waals surface area contributed by atoms with Crippen molar-refractivity contribution in [1.29, 1.82) is 0 Å². The van der Waals surface area contributed by atoms with Gasteiger partial charge in [0.25, 0.3) is 0 Å². The molecule has 0 amide bonds. The van der Waals surface area contributed by atoms with Crippen molar-refractivity contribution in [3.8, 4) is 0 Å². The first-order valence-electron chi connectivity index (χ1n) is 10.3. The van der Waals surface area contributed by atoms with Gasteiger partial charge in [0.15, 0.2) is 0 Å². The van der Waals surface area contributed by atoms with Crippen LogP contribution in [0, 0.1) is 5.92 Å². The van der Waals surface area contributed by atoms with E-state index in [4.69, 9.17) is 14.5 Å². The second-order valence-electron chi connectivity index (χ2n) is 8.95. The van der Waals surface area contributed by atoms with Crippen LogP contribution in [0.15, 0.2) is 0 Å². The van der Waals surface area contributed by atoms with Gasteiger partial charge in [-0.1, -0.05) is 33.1 Å². The normalized spacial score (nSPS) is 12.5. The maximum Gasteiger partial charge on any atom is 0.540 e. The Bertz CT molecular complexity index is 435. The highest BCUT2D eigenvalue weighted by molar-refractivity contribution is 5.59. The molecule has 0 rings (SSSR count). The number of unbranched alkanes of at least 4 members (excludes halogenated alkanes) is 1. The third kappa shape index (κ3) is 24.4. The molecule has 174 valence electrons. The summed E-state index contributed by atoms with van der Waals surface area (Å²) in [4.78, 5) is 40.4. The fraction of sp³-hybridized carbons (Fsp3) is 0.905. The molecule has 8 nitrogen and oxygen atoms in total. The van der Waals surface area contributed by atoms with Crippen molar-refractivity contribution in [3.05, 3.63) is 0 Å². The van der Waals surface area contributed by atoms with Crippen molar-refractivity contribution < 1.29 is 38.6 Å². The fourth-order valence-electron chi connectivity index (χ4n) is 1.64. The first-order valence-corrected chi connectivity index (χ1v) is 10.3. The van der Waals surface area contributed by atoms with Gasteiger partial charge in [-0.05, 0) is 67.7 Å². The van der Waals surface area contributed by atoms with E-state index in [1.165, 1.54) is 0 Å². The molecular weight excluding hydrogens is 380 g/mol. The van der Waals surface area contributed by atoms with E-state index in [1.807, 2.05) is 0 Å². The summed E-state index contributed by atoms with van der Waals surface area (Å²) in [6.45, 7) is 18.9. The lowest BCUT2D eigenvalue weighted by Gasteiger charge is -2.17. The van der Waals surface area contributed by atoms with Gasteiger partial charge in [-0.2, -0.15) is 9.78 Å². The van der Waals surface area contributed by atoms with Crippen molar-refractivity contribution in [1.82, 2.24) is 0 Å². The first-order chi connectivity index (χ1) is 13.2. The summed E-state index contributed by atoms with van der Waals surface area (Å²) >= 11 is 0. The highest BCUT2D eigenvalue weighted by atomic mass is 17.2. The lowest BCUT2D eigenvalue weighted by molar-refractivity contribution is -0.313. The molecule has 0 fully saturated rings. The first kappa shape index (κ1) is 29.7. The van der Waals surface area contributed by atoms with E-state index in [-0.39, 0.29) is 6.10 Å². The molecule has 0 bridgehead atoms. The number of carbonyl (C=O) groups is 2. The molecule has 1 atom stereocenters. The monoisotopic (exact) mass is 422 g/mol. The second-order valence-corrected chi connectivity index (χ2v) is 8.95. The predicted octanol–water partition coefficient (Wildman–Crippen LogP) is 6.36. The Morgan fingerprint density at radius 3 is 1.69 bits per heavy atom. The summed E-state index contributed by atoms with van der Waals surface area (Å²) in [7, 11) is 0. The number of hydrogen-bond donors (Lipinski definition) is 0. The van der Waals surface area contributed by atoms with Crippen molar-refractivity contribution in [2.45, 2.75) is 112 Å². The summed E-state index contributed by atoms with van der Waals surface area (Å²) in [6, 6.07) is 0. The van der Waals surface area contributed by atoms with Crippen LogP contribution in [0.2, 0.25) is 0 Å². The van der Waals surface area contributed by atoms with Crippen LogP contribution >= 0.6 is 0 Å². The Hall–Kier alpha value is -1.54. The van der Waals surface area contributed by atoms with E-state index in [9.17, 15) is 9.59 Å². The molecule has 0 spiro atoms. The van der Waals surface area contributed by atoms with Gasteiger partial charge in [0.1, 0.15) is 11.2 Å². The van der Waals surface area contributed by atoms with Crippen molar-refractivity contribution in [3.63, 3.8) is 0 Å². The van der Waals surface area contributed by atoms with E-state index >= 15 is 0 Å². The minimum Gasteiger partial charge on any atom is -0.432 e. The van der Waals surface area contributed by atoms with Crippen LogP contribution in [0.3, 0.4) is 0 Å². The molecule has 29 heavy (non-hydrogen) atoms. The van der Waals surface area contributed by atoms with Crippen molar-refractivity contribution >= 4 is 12.3 Å². The molecule has 0 aromatic rings. The Labute approximate surface area is 176 Å². The van der Waals surface area contributed by atoms with E-state index in [1.54, 1.807) is 55.4 Å². The molecule has 0 N–H and O–H groups in total. The largest absolute Gasteiger partial charge is 0.540 e. The van der Waals surface area contributed by atoms with E-state index in [0.29, 0.717) is 12.5 Å². The lowest BCUT2D eigenvalue weighted by Crippen LogP contribution is -2.23. The molecular formula is C21H42O8. The quantitative estimate of drug-likeness (QED) is 0.241. The third-order valence-corrected chi connectivity index (χ3v) is 3.03. The molecule has 0 saturated carbocycles. The Morgan fingerprint density at radius 1 is 0.828 bits per heavy atom. The molecule has 0 aliphatic rings. The molecule has 0 aromatic heterocycles. The van der Waals surface area contributed by atoms with Crippen LogP contribution in [-0.2, 0) is 29.0 Å². The van der Waals surface area contributed by atoms with Crippen LogP contribution in [-0.4, -0.2) is 36.2 Å². The second kappa shape index (κ2) is 15.3. The van der Waals surface area contributed by atoms with Gasteiger partial charge in [0.2, 0.25) is 0 Å². The standard InChI is InChI=1S/C13H26O4.C8H16O4/c1-6-8-9-11(7-2)10-15-12(14)16-17-13(3,4)5;1-6(2)10-7(9)11-12-8(3,4)5/h11H,6-10H2,1-5H3;6H,1-5H3. The summed E-state index contributed by atoms with van der Waals surface area (Å²) < 4.78 is 9.66. The van der Waals surface area contributed by atoms with Gasteiger partial charge in [0.05, 0.1) is 12.7 Å². The molecule has 8 heteroatoms. The van der Waals surface area contributed by atoms with Crippen LogP contribution in [0.5, 0.6) is 0 Å². The molecule has 0 aliphatic carbocycles. The summed E-state index contributed by atoms with van der Waals surface area (Å²) in [5.41, 5.74) is -1.01. The van der Waals surface area contributed by atoms with Crippen LogP contribution in [0.25, 0.3) is 0 Å². The summed E-state index contributed by atoms with van der Waals surface area (Å²) in [5, 5.41) is 0. The Kier molecular flexibility index (Phi) is 15.7.